The summed E-state index contributed by atoms with van der Waals surface area (Å²) in [6.07, 6.45) is 2.93. The molecule has 1 unspecified atom stereocenters. The largest absolute Gasteiger partial charge is 0.316 e. The molecule has 1 saturated heterocycles. The highest BCUT2D eigenvalue weighted by Gasteiger charge is 2.17. The summed E-state index contributed by atoms with van der Waals surface area (Å²) in [6.45, 7) is 2.19. The van der Waals surface area contributed by atoms with Crippen LogP contribution < -0.4 is 5.32 Å². The summed E-state index contributed by atoms with van der Waals surface area (Å²) >= 11 is 4.93. The molecule has 2 rings (SSSR count). The van der Waals surface area contributed by atoms with E-state index in [-0.39, 0.29) is 5.78 Å². The third-order valence-corrected chi connectivity index (χ3v) is 4.69. The van der Waals surface area contributed by atoms with E-state index >= 15 is 0 Å². The molecule has 1 N–H and O–H groups in total. The molecule has 1 atom stereocenters. The van der Waals surface area contributed by atoms with Crippen molar-refractivity contribution in [2.75, 3.05) is 13.1 Å². The first kappa shape index (κ1) is 11.3. The van der Waals surface area contributed by atoms with Crippen LogP contribution in [0.1, 0.15) is 28.9 Å². The highest BCUT2D eigenvalue weighted by atomic mass is 79.9. The summed E-state index contributed by atoms with van der Waals surface area (Å²) in [7, 11) is 0. The quantitative estimate of drug-likeness (QED) is 0.863. The molecule has 0 aliphatic carbocycles. The zero-order chi connectivity index (χ0) is 10.7. The van der Waals surface area contributed by atoms with Gasteiger partial charge in [-0.3, -0.25) is 4.79 Å². The molecule has 1 aliphatic rings. The molecule has 1 aliphatic heterocycles. The van der Waals surface area contributed by atoms with Crippen LogP contribution in [0.15, 0.2) is 15.9 Å². The lowest BCUT2D eigenvalue weighted by atomic mass is 10.0. The first-order valence-electron chi connectivity index (χ1n) is 5.24. The Labute approximate surface area is 102 Å². The summed E-state index contributed by atoms with van der Waals surface area (Å²) in [5, 5.41) is 5.28. The Balaban J connectivity index is 1.84. The van der Waals surface area contributed by atoms with Gasteiger partial charge in [-0.15, -0.1) is 11.3 Å². The number of hydrogen-bond acceptors (Lipinski definition) is 3. The van der Waals surface area contributed by atoms with E-state index < -0.39 is 0 Å². The maximum absolute atomic E-state index is 11.8. The van der Waals surface area contributed by atoms with Crippen molar-refractivity contribution in [1.82, 2.24) is 5.32 Å². The standard InChI is InChI=1S/C11H14BrNOS/c12-9-4-6-15-11(9)10(14)2-1-8-3-5-13-7-8/h4,6,8,13H,1-3,5,7H2. The molecule has 0 spiro atoms. The van der Waals surface area contributed by atoms with E-state index in [2.05, 4.69) is 21.2 Å². The van der Waals surface area contributed by atoms with E-state index in [4.69, 9.17) is 0 Å². The maximum atomic E-state index is 11.8. The molecule has 0 saturated carbocycles. The van der Waals surface area contributed by atoms with Crippen LogP contribution in [-0.2, 0) is 0 Å². The summed E-state index contributed by atoms with van der Waals surface area (Å²) in [6, 6.07) is 1.94. The fraction of sp³-hybridized carbons (Fsp3) is 0.545. The van der Waals surface area contributed by atoms with E-state index in [9.17, 15) is 4.79 Å². The molecule has 1 fully saturated rings. The van der Waals surface area contributed by atoms with Gasteiger partial charge in [0.05, 0.1) is 4.88 Å². The maximum Gasteiger partial charge on any atom is 0.173 e. The Bertz CT molecular complexity index is 344. The van der Waals surface area contributed by atoms with E-state index in [0.29, 0.717) is 12.3 Å². The van der Waals surface area contributed by atoms with Gasteiger partial charge in [0.15, 0.2) is 5.78 Å². The van der Waals surface area contributed by atoms with Gasteiger partial charge in [0.25, 0.3) is 0 Å². The monoisotopic (exact) mass is 287 g/mol. The normalized spacial score (nSPS) is 20.7. The molecule has 82 valence electrons. The lowest BCUT2D eigenvalue weighted by Gasteiger charge is -2.06. The average Bonchev–Trinajstić information content (AvgIpc) is 2.84. The smallest absolute Gasteiger partial charge is 0.173 e. The minimum Gasteiger partial charge on any atom is -0.316 e. The van der Waals surface area contributed by atoms with Crippen LogP contribution in [0.25, 0.3) is 0 Å². The minimum atomic E-state index is 0.281. The van der Waals surface area contributed by atoms with Crippen LogP contribution in [0, 0.1) is 5.92 Å². The summed E-state index contributed by atoms with van der Waals surface area (Å²) in [4.78, 5) is 12.7. The first-order valence-corrected chi connectivity index (χ1v) is 6.91. The number of carbonyl (C=O) groups excluding carboxylic acids is 1. The van der Waals surface area contributed by atoms with Crippen molar-refractivity contribution >= 4 is 33.0 Å². The second kappa shape index (κ2) is 5.23. The minimum absolute atomic E-state index is 0.281. The summed E-state index contributed by atoms with van der Waals surface area (Å²) in [5.74, 6) is 0.983. The highest BCUT2D eigenvalue weighted by Crippen LogP contribution is 2.25. The molecule has 1 aromatic heterocycles. The van der Waals surface area contributed by atoms with Gasteiger partial charge in [-0.05, 0) is 59.2 Å². The van der Waals surface area contributed by atoms with Gasteiger partial charge in [-0.2, -0.15) is 0 Å². The predicted molar refractivity (Wildman–Crippen MR) is 66.6 cm³/mol. The number of nitrogens with one attached hydrogen (secondary N) is 1. The number of hydrogen-bond donors (Lipinski definition) is 1. The van der Waals surface area contributed by atoms with Crippen molar-refractivity contribution in [1.29, 1.82) is 0 Å². The second-order valence-electron chi connectivity index (χ2n) is 3.92. The fourth-order valence-corrected chi connectivity index (χ4v) is 3.47. The van der Waals surface area contributed by atoms with E-state index in [0.717, 1.165) is 28.9 Å². The Kier molecular flexibility index (Phi) is 3.94. The molecular formula is C11H14BrNOS. The van der Waals surface area contributed by atoms with Crippen molar-refractivity contribution < 1.29 is 4.79 Å². The van der Waals surface area contributed by atoms with Gasteiger partial charge >= 0.3 is 0 Å². The Morgan fingerprint density at radius 3 is 3.13 bits per heavy atom. The molecule has 4 heteroatoms. The van der Waals surface area contributed by atoms with Gasteiger partial charge in [0.1, 0.15) is 0 Å². The third-order valence-electron chi connectivity index (χ3n) is 2.81. The van der Waals surface area contributed by atoms with Crippen molar-refractivity contribution in [2.24, 2.45) is 5.92 Å². The summed E-state index contributed by atoms with van der Waals surface area (Å²) < 4.78 is 0.946. The Hall–Kier alpha value is -0.190. The molecule has 0 radical (unpaired) electrons. The molecule has 1 aromatic rings. The molecule has 2 heterocycles. The van der Waals surface area contributed by atoms with E-state index in [1.807, 2.05) is 11.4 Å². The number of ketones is 1. The Morgan fingerprint density at radius 2 is 2.53 bits per heavy atom. The number of halogens is 1. The molecule has 15 heavy (non-hydrogen) atoms. The molecule has 0 amide bonds. The molecule has 0 aromatic carbocycles. The Morgan fingerprint density at radius 1 is 1.67 bits per heavy atom. The molecular weight excluding hydrogens is 274 g/mol. The van der Waals surface area contributed by atoms with Crippen LogP contribution in [0.5, 0.6) is 0 Å². The van der Waals surface area contributed by atoms with Gasteiger partial charge in [0, 0.05) is 10.9 Å². The predicted octanol–water partition coefficient (Wildman–Crippen LogP) is 3.08. The zero-order valence-corrected chi connectivity index (χ0v) is 10.9. The van der Waals surface area contributed by atoms with E-state index in [1.54, 1.807) is 0 Å². The second-order valence-corrected chi connectivity index (χ2v) is 5.69. The van der Waals surface area contributed by atoms with Crippen LogP contribution in [0.4, 0.5) is 0 Å². The molecule has 0 bridgehead atoms. The summed E-state index contributed by atoms with van der Waals surface area (Å²) in [5.41, 5.74) is 0. The third kappa shape index (κ3) is 2.89. The van der Waals surface area contributed by atoms with Crippen LogP contribution >= 0.6 is 27.3 Å². The number of Topliss-reactive ketones (excluding diaryl/α,β-unsaturated/α-hetero) is 1. The lowest BCUT2D eigenvalue weighted by molar-refractivity contribution is 0.0978. The van der Waals surface area contributed by atoms with Crippen LogP contribution in [0.3, 0.4) is 0 Å². The van der Waals surface area contributed by atoms with Crippen molar-refractivity contribution in [3.05, 3.63) is 20.8 Å². The van der Waals surface area contributed by atoms with Crippen LogP contribution in [0.2, 0.25) is 0 Å². The van der Waals surface area contributed by atoms with Gasteiger partial charge in [-0.1, -0.05) is 0 Å². The number of carbonyl (C=O) groups is 1. The number of thiophene rings is 1. The highest BCUT2D eigenvalue weighted by molar-refractivity contribution is 9.10. The van der Waals surface area contributed by atoms with E-state index in [1.165, 1.54) is 17.8 Å². The van der Waals surface area contributed by atoms with Crippen LogP contribution in [-0.4, -0.2) is 18.9 Å². The van der Waals surface area contributed by atoms with Crippen molar-refractivity contribution in [3.63, 3.8) is 0 Å². The lowest BCUT2D eigenvalue weighted by Crippen LogP contribution is -2.10. The SMILES string of the molecule is O=C(CCC1CCNC1)c1sccc1Br. The fourth-order valence-electron chi connectivity index (χ4n) is 1.90. The van der Waals surface area contributed by atoms with Gasteiger partial charge in [-0.25, -0.2) is 0 Å². The average molecular weight is 288 g/mol. The van der Waals surface area contributed by atoms with Gasteiger partial charge < -0.3 is 5.32 Å². The molecule has 2 nitrogen and oxygen atoms in total. The topological polar surface area (TPSA) is 29.1 Å². The zero-order valence-electron chi connectivity index (χ0n) is 8.46. The first-order chi connectivity index (χ1) is 7.27. The number of rotatable bonds is 4. The van der Waals surface area contributed by atoms with Crippen molar-refractivity contribution in [3.8, 4) is 0 Å². The van der Waals surface area contributed by atoms with Gasteiger partial charge in [0.2, 0.25) is 0 Å². The van der Waals surface area contributed by atoms with Crippen molar-refractivity contribution in [2.45, 2.75) is 19.3 Å².